The molecule has 1 aliphatic heterocycles. The minimum atomic E-state index is -0.482. The van der Waals surface area contributed by atoms with Crippen molar-refractivity contribution in [1.82, 2.24) is 20.6 Å². The van der Waals surface area contributed by atoms with Crippen molar-refractivity contribution in [2.75, 3.05) is 13.1 Å². The number of nitrogens with one attached hydrogen (secondary N) is 2. The van der Waals surface area contributed by atoms with Crippen molar-refractivity contribution in [3.63, 3.8) is 0 Å². The molecule has 2 N–H and O–H groups in total. The molecular formula is C14H15FN4O. The SMILES string of the molecule is O=C(NC1CCCNC1)c1cc(F)cc2nccnc12. The summed E-state index contributed by atoms with van der Waals surface area (Å²) in [4.78, 5) is 20.5. The van der Waals surface area contributed by atoms with Crippen molar-refractivity contribution in [3.8, 4) is 0 Å². The minimum absolute atomic E-state index is 0.0752. The Kier molecular flexibility index (Phi) is 3.56. The lowest BCUT2D eigenvalue weighted by Crippen LogP contribution is -2.45. The lowest BCUT2D eigenvalue weighted by Gasteiger charge is -2.23. The highest BCUT2D eigenvalue weighted by molar-refractivity contribution is 6.04. The summed E-state index contributed by atoms with van der Waals surface area (Å²) in [5, 5.41) is 6.14. The number of benzene rings is 1. The Morgan fingerprint density at radius 2 is 2.20 bits per heavy atom. The van der Waals surface area contributed by atoms with E-state index >= 15 is 0 Å². The first-order valence-electron chi connectivity index (χ1n) is 6.66. The molecule has 1 atom stereocenters. The fraction of sp³-hybridized carbons (Fsp3) is 0.357. The van der Waals surface area contributed by atoms with Gasteiger partial charge in [0.1, 0.15) is 11.3 Å². The van der Waals surface area contributed by atoms with E-state index in [1.54, 1.807) is 0 Å². The number of halogens is 1. The zero-order valence-corrected chi connectivity index (χ0v) is 10.9. The second-order valence-corrected chi connectivity index (χ2v) is 4.89. The summed E-state index contributed by atoms with van der Waals surface area (Å²) in [7, 11) is 0. The number of fused-ring (bicyclic) bond motifs is 1. The summed E-state index contributed by atoms with van der Waals surface area (Å²) in [5.41, 5.74) is 1.05. The van der Waals surface area contributed by atoms with Crippen LogP contribution in [0.1, 0.15) is 23.2 Å². The van der Waals surface area contributed by atoms with Crippen LogP contribution < -0.4 is 10.6 Å². The van der Waals surface area contributed by atoms with Gasteiger partial charge in [0.15, 0.2) is 0 Å². The van der Waals surface area contributed by atoms with Crippen molar-refractivity contribution in [1.29, 1.82) is 0 Å². The zero-order valence-electron chi connectivity index (χ0n) is 10.9. The van der Waals surface area contributed by atoms with Crippen molar-refractivity contribution >= 4 is 16.9 Å². The molecular weight excluding hydrogens is 259 g/mol. The van der Waals surface area contributed by atoms with Gasteiger partial charge in [-0.2, -0.15) is 0 Å². The van der Waals surface area contributed by atoms with Crippen molar-refractivity contribution < 1.29 is 9.18 Å². The molecule has 104 valence electrons. The summed E-state index contributed by atoms with van der Waals surface area (Å²) in [6, 6.07) is 2.57. The van der Waals surface area contributed by atoms with Crippen LogP contribution >= 0.6 is 0 Å². The van der Waals surface area contributed by atoms with Crippen molar-refractivity contribution in [3.05, 3.63) is 35.9 Å². The Morgan fingerprint density at radius 3 is 3.00 bits per heavy atom. The Hall–Kier alpha value is -2.08. The topological polar surface area (TPSA) is 66.9 Å². The molecule has 0 radical (unpaired) electrons. The molecule has 1 amide bonds. The molecule has 1 aromatic carbocycles. The number of hydrogen-bond donors (Lipinski definition) is 2. The number of aromatic nitrogens is 2. The van der Waals surface area contributed by atoms with Gasteiger partial charge in [0, 0.05) is 31.0 Å². The number of carbonyl (C=O) groups excluding carboxylic acids is 1. The smallest absolute Gasteiger partial charge is 0.253 e. The van der Waals surface area contributed by atoms with Gasteiger partial charge in [-0.15, -0.1) is 0 Å². The van der Waals surface area contributed by atoms with E-state index in [4.69, 9.17) is 0 Å². The van der Waals surface area contributed by atoms with Gasteiger partial charge < -0.3 is 10.6 Å². The lowest BCUT2D eigenvalue weighted by atomic mass is 10.1. The Bertz CT molecular complexity index is 640. The highest BCUT2D eigenvalue weighted by Crippen LogP contribution is 2.17. The average Bonchev–Trinajstić information content (AvgIpc) is 2.47. The average molecular weight is 274 g/mol. The van der Waals surface area contributed by atoms with Crippen LogP contribution in [0.25, 0.3) is 11.0 Å². The maximum atomic E-state index is 13.6. The summed E-state index contributed by atoms with van der Waals surface area (Å²) in [5.74, 6) is -0.784. The van der Waals surface area contributed by atoms with Crippen LogP contribution in [-0.4, -0.2) is 35.0 Å². The predicted molar refractivity (Wildman–Crippen MR) is 72.9 cm³/mol. The van der Waals surface area contributed by atoms with Crippen LogP contribution in [0.15, 0.2) is 24.5 Å². The summed E-state index contributed by atoms with van der Waals surface area (Å²) in [6.45, 7) is 1.71. The number of carbonyl (C=O) groups is 1. The first-order chi connectivity index (χ1) is 9.74. The zero-order chi connectivity index (χ0) is 13.9. The monoisotopic (exact) mass is 274 g/mol. The standard InChI is InChI=1S/C14H15FN4O/c15-9-6-11(13-12(7-9)17-4-5-18-13)14(20)19-10-2-1-3-16-8-10/h4-7,10,16H,1-3,8H2,(H,19,20). The fourth-order valence-corrected chi connectivity index (χ4v) is 2.45. The second-order valence-electron chi connectivity index (χ2n) is 4.89. The second kappa shape index (κ2) is 5.50. The molecule has 3 rings (SSSR count). The van der Waals surface area contributed by atoms with Crippen molar-refractivity contribution in [2.24, 2.45) is 0 Å². The number of amides is 1. The van der Waals surface area contributed by atoms with Crippen LogP contribution in [0.3, 0.4) is 0 Å². The molecule has 1 aliphatic rings. The van der Waals surface area contributed by atoms with Gasteiger partial charge in [-0.3, -0.25) is 14.8 Å². The van der Waals surface area contributed by atoms with E-state index in [-0.39, 0.29) is 17.5 Å². The third-order valence-corrected chi connectivity index (χ3v) is 3.42. The summed E-state index contributed by atoms with van der Waals surface area (Å²) in [6.07, 6.45) is 4.93. The fourth-order valence-electron chi connectivity index (χ4n) is 2.45. The highest BCUT2D eigenvalue weighted by atomic mass is 19.1. The largest absolute Gasteiger partial charge is 0.348 e. The van der Waals surface area contributed by atoms with Crippen LogP contribution in [0.4, 0.5) is 4.39 Å². The van der Waals surface area contributed by atoms with Crippen LogP contribution in [0, 0.1) is 5.82 Å². The summed E-state index contributed by atoms with van der Waals surface area (Å²) < 4.78 is 13.6. The Morgan fingerprint density at radius 1 is 1.35 bits per heavy atom. The molecule has 20 heavy (non-hydrogen) atoms. The first-order valence-corrected chi connectivity index (χ1v) is 6.66. The van der Waals surface area contributed by atoms with Gasteiger partial charge in [-0.1, -0.05) is 0 Å². The van der Waals surface area contributed by atoms with E-state index in [0.717, 1.165) is 25.9 Å². The predicted octanol–water partition coefficient (Wildman–Crippen LogP) is 1.25. The van der Waals surface area contributed by atoms with Crippen LogP contribution in [-0.2, 0) is 0 Å². The molecule has 2 aromatic rings. The Labute approximate surface area is 115 Å². The number of nitrogens with zero attached hydrogens (tertiary/aromatic N) is 2. The third-order valence-electron chi connectivity index (χ3n) is 3.42. The third kappa shape index (κ3) is 2.60. The van der Waals surface area contributed by atoms with E-state index in [2.05, 4.69) is 20.6 Å². The molecule has 6 heteroatoms. The minimum Gasteiger partial charge on any atom is -0.348 e. The summed E-state index contributed by atoms with van der Waals surface area (Å²) >= 11 is 0. The van der Waals surface area contributed by atoms with Crippen LogP contribution in [0.2, 0.25) is 0 Å². The van der Waals surface area contributed by atoms with E-state index in [1.165, 1.54) is 24.5 Å². The first kappa shape index (κ1) is 12.9. The number of rotatable bonds is 2. The van der Waals surface area contributed by atoms with E-state index < -0.39 is 5.82 Å². The normalized spacial score (nSPS) is 18.9. The van der Waals surface area contributed by atoms with Crippen LogP contribution in [0.5, 0.6) is 0 Å². The molecule has 1 unspecified atom stereocenters. The lowest BCUT2D eigenvalue weighted by molar-refractivity contribution is 0.0931. The van der Waals surface area contributed by atoms with E-state index in [0.29, 0.717) is 11.0 Å². The molecule has 0 bridgehead atoms. The maximum absolute atomic E-state index is 13.6. The molecule has 2 heterocycles. The highest BCUT2D eigenvalue weighted by Gasteiger charge is 2.19. The maximum Gasteiger partial charge on any atom is 0.253 e. The quantitative estimate of drug-likeness (QED) is 0.865. The molecule has 1 saturated heterocycles. The molecule has 0 saturated carbocycles. The Balaban J connectivity index is 1.90. The van der Waals surface area contributed by atoms with Gasteiger partial charge in [-0.25, -0.2) is 4.39 Å². The van der Waals surface area contributed by atoms with E-state index in [1.807, 2.05) is 0 Å². The van der Waals surface area contributed by atoms with Crippen molar-refractivity contribution in [2.45, 2.75) is 18.9 Å². The molecule has 1 fully saturated rings. The van der Waals surface area contributed by atoms with Gasteiger partial charge in [-0.05, 0) is 25.5 Å². The molecule has 5 nitrogen and oxygen atoms in total. The molecule has 0 aliphatic carbocycles. The number of hydrogen-bond acceptors (Lipinski definition) is 4. The van der Waals surface area contributed by atoms with Gasteiger partial charge in [0.05, 0.1) is 11.1 Å². The van der Waals surface area contributed by atoms with Gasteiger partial charge >= 0.3 is 0 Å². The van der Waals surface area contributed by atoms with E-state index in [9.17, 15) is 9.18 Å². The molecule has 0 spiro atoms. The number of piperidine rings is 1. The molecule has 1 aromatic heterocycles. The van der Waals surface area contributed by atoms with Gasteiger partial charge in [0.2, 0.25) is 0 Å². The van der Waals surface area contributed by atoms with Gasteiger partial charge in [0.25, 0.3) is 5.91 Å².